The quantitative estimate of drug-likeness (QED) is 0.347. The fraction of sp³-hybridized carbons (Fsp3) is 0.176. The molecule has 3 rings (SSSR count). The molecule has 0 aliphatic heterocycles. The second-order valence-corrected chi connectivity index (χ2v) is 6.87. The van der Waals surface area contributed by atoms with Crippen LogP contribution < -0.4 is 0 Å². The first kappa shape index (κ1) is 17.8. The van der Waals surface area contributed by atoms with Crippen molar-refractivity contribution in [3.8, 4) is 0 Å². The number of aliphatic hydroxyl groups excluding tert-OH is 1. The summed E-state index contributed by atoms with van der Waals surface area (Å²) in [5.74, 6) is 0. The molecule has 0 spiro atoms. The van der Waals surface area contributed by atoms with E-state index in [0.717, 1.165) is 12.1 Å². The summed E-state index contributed by atoms with van der Waals surface area (Å²) in [5.41, 5.74) is -0.259. The van der Waals surface area contributed by atoms with Crippen molar-refractivity contribution in [3.05, 3.63) is 57.6 Å². The predicted octanol–water partition coefficient (Wildman–Crippen LogP) is 6.75. The average Bonchev–Trinajstić information content (AvgIpc) is 2.52. The Bertz CT molecular complexity index is 941. The van der Waals surface area contributed by atoms with E-state index >= 15 is 0 Å². The van der Waals surface area contributed by atoms with E-state index in [9.17, 15) is 18.3 Å². The van der Waals surface area contributed by atoms with Crippen molar-refractivity contribution in [1.29, 1.82) is 0 Å². The molecule has 0 radical (unpaired) electrons. The highest BCUT2D eigenvalue weighted by Gasteiger charge is 2.31. The Labute approximate surface area is 154 Å². The molecule has 0 amide bonds. The van der Waals surface area contributed by atoms with Gasteiger partial charge < -0.3 is 5.11 Å². The number of fused-ring (bicyclic) bond motifs is 3. The van der Waals surface area contributed by atoms with Gasteiger partial charge in [0.2, 0.25) is 0 Å². The van der Waals surface area contributed by atoms with Crippen LogP contribution in [0.1, 0.15) is 17.2 Å². The molecule has 0 heterocycles. The summed E-state index contributed by atoms with van der Waals surface area (Å²) >= 11 is 15.4. The fourth-order valence-corrected chi connectivity index (χ4v) is 3.64. The first-order valence-corrected chi connectivity index (χ1v) is 8.76. The number of benzene rings is 3. The molecule has 0 saturated heterocycles. The van der Waals surface area contributed by atoms with E-state index in [1.807, 2.05) is 0 Å². The van der Waals surface area contributed by atoms with Crippen LogP contribution in [0, 0.1) is 0 Å². The summed E-state index contributed by atoms with van der Waals surface area (Å²) in [6.45, 7) is 0. The third-order valence-corrected chi connectivity index (χ3v) is 4.99. The number of halogens is 6. The van der Waals surface area contributed by atoms with Crippen molar-refractivity contribution in [2.45, 2.75) is 12.3 Å². The summed E-state index contributed by atoms with van der Waals surface area (Å²) in [6.07, 6.45) is -5.34. The lowest BCUT2D eigenvalue weighted by atomic mass is 9.93. The summed E-state index contributed by atoms with van der Waals surface area (Å²) in [4.78, 5) is 0. The van der Waals surface area contributed by atoms with Gasteiger partial charge in [0.1, 0.15) is 0 Å². The Kier molecular flexibility index (Phi) is 4.73. The Morgan fingerprint density at radius 1 is 0.958 bits per heavy atom. The van der Waals surface area contributed by atoms with Gasteiger partial charge in [-0.1, -0.05) is 45.2 Å². The van der Waals surface area contributed by atoms with Crippen molar-refractivity contribution in [2.75, 3.05) is 5.33 Å². The molecule has 0 aromatic heterocycles. The van der Waals surface area contributed by atoms with Crippen molar-refractivity contribution in [2.24, 2.45) is 0 Å². The molecule has 24 heavy (non-hydrogen) atoms. The Morgan fingerprint density at radius 3 is 2.25 bits per heavy atom. The maximum atomic E-state index is 13.1. The van der Waals surface area contributed by atoms with Crippen molar-refractivity contribution in [1.82, 2.24) is 0 Å². The second kappa shape index (κ2) is 6.37. The van der Waals surface area contributed by atoms with Crippen LogP contribution in [0.5, 0.6) is 0 Å². The number of aliphatic hydroxyl groups is 1. The Morgan fingerprint density at radius 2 is 1.62 bits per heavy atom. The van der Waals surface area contributed by atoms with Gasteiger partial charge in [0.05, 0.1) is 11.7 Å². The highest BCUT2D eigenvalue weighted by molar-refractivity contribution is 9.09. The Hall–Kier alpha value is -1.01. The minimum atomic E-state index is -4.47. The fourth-order valence-electron chi connectivity index (χ4n) is 2.74. The lowest BCUT2D eigenvalue weighted by Crippen LogP contribution is -2.05. The highest BCUT2D eigenvalue weighted by Crippen LogP contribution is 2.40. The molecular formula is C17H10BrCl2F3O. The third-order valence-electron chi connectivity index (χ3n) is 3.85. The van der Waals surface area contributed by atoms with Gasteiger partial charge in [0.15, 0.2) is 0 Å². The van der Waals surface area contributed by atoms with E-state index in [2.05, 4.69) is 15.9 Å². The zero-order chi connectivity index (χ0) is 17.6. The van der Waals surface area contributed by atoms with E-state index in [1.165, 1.54) is 12.1 Å². The number of alkyl halides is 4. The van der Waals surface area contributed by atoms with Crippen LogP contribution in [0.2, 0.25) is 10.0 Å². The monoisotopic (exact) mass is 436 g/mol. The zero-order valence-corrected chi connectivity index (χ0v) is 15.1. The molecule has 0 fully saturated rings. The molecule has 0 unspecified atom stereocenters. The molecule has 0 bridgehead atoms. The second-order valence-electron chi connectivity index (χ2n) is 5.38. The smallest absolute Gasteiger partial charge is 0.388 e. The first-order valence-electron chi connectivity index (χ1n) is 6.89. The molecule has 3 aromatic carbocycles. The van der Waals surface area contributed by atoms with Crippen LogP contribution in [-0.2, 0) is 6.18 Å². The normalized spacial score (nSPS) is 13.6. The SMILES string of the molecule is O[C@H](CBr)c1cc2c(Cl)cc(Cl)cc2c2cc(C(F)(F)F)ccc12. The van der Waals surface area contributed by atoms with Gasteiger partial charge in [-0.3, -0.25) is 0 Å². The summed E-state index contributed by atoms with van der Waals surface area (Å²) in [5, 5.41) is 13.1. The lowest BCUT2D eigenvalue weighted by molar-refractivity contribution is -0.137. The van der Waals surface area contributed by atoms with Crippen molar-refractivity contribution < 1.29 is 18.3 Å². The standard InChI is InChI=1S/C17H10BrCl2F3O/c18-7-16(24)14-6-13-12(4-9(19)5-15(13)20)11-3-8(17(21,22)23)1-2-10(11)14/h1-6,16,24H,7H2/t16-/m1/s1. The van der Waals surface area contributed by atoms with Crippen molar-refractivity contribution in [3.63, 3.8) is 0 Å². The average molecular weight is 438 g/mol. The van der Waals surface area contributed by atoms with Crippen LogP contribution in [-0.4, -0.2) is 10.4 Å². The van der Waals surface area contributed by atoms with E-state index in [0.29, 0.717) is 37.2 Å². The molecule has 126 valence electrons. The van der Waals surface area contributed by atoms with Crippen LogP contribution in [0.4, 0.5) is 13.2 Å². The van der Waals surface area contributed by atoms with Crippen LogP contribution in [0.3, 0.4) is 0 Å². The molecule has 3 aromatic rings. The molecule has 1 nitrogen and oxygen atoms in total. The largest absolute Gasteiger partial charge is 0.416 e. The van der Waals surface area contributed by atoms with E-state index in [-0.39, 0.29) is 5.33 Å². The van der Waals surface area contributed by atoms with Gasteiger partial charge in [0, 0.05) is 20.8 Å². The van der Waals surface area contributed by atoms with Gasteiger partial charge in [-0.25, -0.2) is 0 Å². The summed E-state index contributed by atoms with van der Waals surface area (Å²) in [7, 11) is 0. The molecule has 1 N–H and O–H groups in total. The molecular weight excluding hydrogens is 428 g/mol. The van der Waals surface area contributed by atoms with Crippen LogP contribution in [0.15, 0.2) is 36.4 Å². The lowest BCUT2D eigenvalue weighted by Gasteiger charge is -2.16. The topological polar surface area (TPSA) is 20.2 Å². The highest BCUT2D eigenvalue weighted by atomic mass is 79.9. The number of hydrogen-bond donors (Lipinski definition) is 1. The zero-order valence-electron chi connectivity index (χ0n) is 12.0. The van der Waals surface area contributed by atoms with E-state index in [4.69, 9.17) is 23.2 Å². The Balaban J connectivity index is 2.49. The van der Waals surface area contributed by atoms with Crippen LogP contribution >= 0.6 is 39.1 Å². The molecule has 7 heteroatoms. The molecule has 1 atom stereocenters. The number of hydrogen-bond acceptors (Lipinski definition) is 1. The molecule has 0 aliphatic carbocycles. The summed E-state index contributed by atoms with van der Waals surface area (Å²) < 4.78 is 39.3. The maximum Gasteiger partial charge on any atom is 0.416 e. The van der Waals surface area contributed by atoms with Crippen molar-refractivity contribution >= 4 is 60.7 Å². The van der Waals surface area contributed by atoms with Gasteiger partial charge in [-0.2, -0.15) is 13.2 Å². The maximum absolute atomic E-state index is 13.1. The third kappa shape index (κ3) is 3.10. The van der Waals surface area contributed by atoms with Gasteiger partial charge >= 0.3 is 6.18 Å². The minimum Gasteiger partial charge on any atom is -0.388 e. The molecule has 0 saturated carbocycles. The minimum absolute atomic E-state index is 0.250. The van der Waals surface area contributed by atoms with Gasteiger partial charge in [-0.15, -0.1) is 0 Å². The number of rotatable bonds is 2. The van der Waals surface area contributed by atoms with Gasteiger partial charge in [0.25, 0.3) is 0 Å². The van der Waals surface area contributed by atoms with Gasteiger partial charge in [-0.05, 0) is 52.1 Å². The predicted molar refractivity (Wildman–Crippen MR) is 95.2 cm³/mol. The first-order chi connectivity index (χ1) is 11.2. The van der Waals surface area contributed by atoms with Crippen LogP contribution in [0.25, 0.3) is 21.5 Å². The summed E-state index contributed by atoms with van der Waals surface area (Å²) in [6, 6.07) is 8.23. The van der Waals surface area contributed by atoms with E-state index < -0.39 is 17.8 Å². The molecule has 0 aliphatic rings. The van der Waals surface area contributed by atoms with E-state index in [1.54, 1.807) is 12.1 Å².